The highest BCUT2D eigenvalue weighted by molar-refractivity contribution is 5.90. The summed E-state index contributed by atoms with van der Waals surface area (Å²) in [5.41, 5.74) is 4.13. The molecule has 0 fully saturated rings. The number of fused-ring (bicyclic) bond motifs is 1. The molecule has 0 bridgehead atoms. The van der Waals surface area contributed by atoms with Gasteiger partial charge in [-0.25, -0.2) is 9.78 Å². The van der Waals surface area contributed by atoms with E-state index in [1.807, 2.05) is 35.0 Å². The Hall–Kier alpha value is -3.66. The maximum absolute atomic E-state index is 11.7. The van der Waals surface area contributed by atoms with E-state index >= 15 is 0 Å². The van der Waals surface area contributed by atoms with E-state index in [1.165, 1.54) is 16.8 Å². The van der Waals surface area contributed by atoms with E-state index < -0.39 is 0 Å². The highest BCUT2D eigenvalue weighted by Crippen LogP contribution is 2.31. The van der Waals surface area contributed by atoms with Gasteiger partial charge in [-0.15, -0.1) is 0 Å². The molecule has 0 N–H and O–H groups in total. The lowest BCUT2D eigenvalue weighted by molar-refractivity contribution is -0.137. The Bertz CT molecular complexity index is 1140. The maximum Gasteiger partial charge on any atom is 0.330 e. The molecule has 0 aliphatic carbocycles. The predicted molar refractivity (Wildman–Crippen MR) is 112 cm³/mol. The highest BCUT2D eigenvalue weighted by atomic mass is 16.5. The lowest BCUT2D eigenvalue weighted by atomic mass is 9.97. The maximum atomic E-state index is 11.7. The van der Waals surface area contributed by atoms with Crippen LogP contribution in [0.2, 0.25) is 0 Å². The number of aromatic nitrogens is 2. The summed E-state index contributed by atoms with van der Waals surface area (Å²) in [7, 11) is 0. The molecular weight excluding hydrogens is 348 g/mol. The number of ether oxygens (including phenoxy) is 1. The predicted octanol–water partition coefficient (Wildman–Crippen LogP) is 5.27. The van der Waals surface area contributed by atoms with Crippen LogP contribution < -0.4 is 0 Å². The lowest BCUT2D eigenvalue weighted by Crippen LogP contribution is -1.99. The Balaban J connectivity index is 1.81. The van der Waals surface area contributed by atoms with Gasteiger partial charge in [0.25, 0.3) is 0 Å². The van der Waals surface area contributed by atoms with Crippen molar-refractivity contribution in [3.8, 4) is 16.8 Å². The average molecular weight is 368 g/mol. The van der Waals surface area contributed by atoms with Crippen molar-refractivity contribution in [3.63, 3.8) is 0 Å². The third-order valence-corrected chi connectivity index (χ3v) is 4.56. The highest BCUT2D eigenvalue weighted by Gasteiger charge is 2.09. The van der Waals surface area contributed by atoms with Crippen molar-refractivity contribution < 1.29 is 9.53 Å². The third kappa shape index (κ3) is 3.71. The van der Waals surface area contributed by atoms with Crippen LogP contribution in [-0.4, -0.2) is 22.1 Å². The quantitative estimate of drug-likeness (QED) is 0.356. The molecule has 4 rings (SSSR count). The zero-order valence-electron chi connectivity index (χ0n) is 15.6. The van der Waals surface area contributed by atoms with Crippen LogP contribution >= 0.6 is 0 Å². The summed E-state index contributed by atoms with van der Waals surface area (Å²) in [5, 5.41) is 2.39. The minimum absolute atomic E-state index is 0.339. The first kappa shape index (κ1) is 17.7. The molecule has 0 aliphatic heterocycles. The number of carbonyl (C=O) groups excluding carboxylic acids is 1. The van der Waals surface area contributed by atoms with Crippen LogP contribution in [-0.2, 0) is 9.53 Å². The van der Waals surface area contributed by atoms with E-state index in [0.29, 0.717) is 6.61 Å². The minimum Gasteiger partial charge on any atom is -0.463 e. The van der Waals surface area contributed by atoms with Crippen molar-refractivity contribution in [3.05, 3.63) is 91.0 Å². The van der Waals surface area contributed by atoms with Crippen molar-refractivity contribution in [1.82, 2.24) is 9.55 Å². The van der Waals surface area contributed by atoms with Gasteiger partial charge in [-0.2, -0.15) is 0 Å². The number of imidazole rings is 1. The normalized spacial score (nSPS) is 11.2. The molecule has 0 saturated carbocycles. The molecule has 138 valence electrons. The molecule has 1 heterocycles. The molecule has 4 nitrogen and oxygen atoms in total. The Labute approximate surface area is 163 Å². The zero-order chi connectivity index (χ0) is 19.3. The van der Waals surface area contributed by atoms with E-state index in [-0.39, 0.29) is 5.97 Å². The van der Waals surface area contributed by atoms with E-state index in [9.17, 15) is 4.79 Å². The van der Waals surface area contributed by atoms with Gasteiger partial charge in [0.1, 0.15) is 0 Å². The molecule has 28 heavy (non-hydrogen) atoms. The van der Waals surface area contributed by atoms with Gasteiger partial charge >= 0.3 is 5.97 Å². The number of hydrogen-bond acceptors (Lipinski definition) is 3. The van der Waals surface area contributed by atoms with Crippen LogP contribution in [0.3, 0.4) is 0 Å². The molecule has 0 aliphatic rings. The Kier molecular flexibility index (Phi) is 5.02. The van der Waals surface area contributed by atoms with Gasteiger partial charge in [0.2, 0.25) is 0 Å². The van der Waals surface area contributed by atoms with Crippen LogP contribution in [0.25, 0.3) is 33.7 Å². The number of hydrogen-bond donors (Lipinski definition) is 0. The van der Waals surface area contributed by atoms with Crippen molar-refractivity contribution in [2.45, 2.75) is 6.92 Å². The third-order valence-electron chi connectivity index (χ3n) is 4.56. The molecule has 0 unspecified atom stereocenters. The molecule has 1 aromatic heterocycles. The van der Waals surface area contributed by atoms with Gasteiger partial charge in [0.05, 0.1) is 18.6 Å². The largest absolute Gasteiger partial charge is 0.463 e. The van der Waals surface area contributed by atoms with Gasteiger partial charge in [0.15, 0.2) is 0 Å². The molecular formula is C24H20N2O2. The number of rotatable bonds is 5. The van der Waals surface area contributed by atoms with Crippen LogP contribution in [0.5, 0.6) is 0 Å². The summed E-state index contributed by atoms with van der Waals surface area (Å²) in [5.74, 6) is -0.339. The first-order valence-electron chi connectivity index (χ1n) is 9.21. The molecule has 0 atom stereocenters. The molecule has 0 saturated heterocycles. The van der Waals surface area contributed by atoms with Crippen LogP contribution in [0, 0.1) is 0 Å². The van der Waals surface area contributed by atoms with Gasteiger partial charge in [-0.05, 0) is 53.1 Å². The topological polar surface area (TPSA) is 44.1 Å². The van der Waals surface area contributed by atoms with Gasteiger partial charge < -0.3 is 9.30 Å². The number of carbonyl (C=O) groups is 1. The molecule has 4 heteroatoms. The fourth-order valence-corrected chi connectivity index (χ4v) is 3.23. The van der Waals surface area contributed by atoms with E-state index in [0.717, 1.165) is 22.4 Å². The molecule has 0 spiro atoms. The molecule has 0 amide bonds. The number of esters is 1. The van der Waals surface area contributed by atoms with Crippen LogP contribution in [0.15, 0.2) is 85.5 Å². The fraction of sp³-hybridized carbons (Fsp3) is 0.0833. The summed E-state index contributed by atoms with van der Waals surface area (Å²) in [6.45, 7) is 2.16. The van der Waals surface area contributed by atoms with Gasteiger partial charge in [0, 0.05) is 24.0 Å². The van der Waals surface area contributed by atoms with E-state index in [1.54, 1.807) is 25.5 Å². The number of benzene rings is 3. The first-order valence-corrected chi connectivity index (χ1v) is 9.21. The van der Waals surface area contributed by atoms with Crippen LogP contribution in [0.1, 0.15) is 12.5 Å². The fourth-order valence-electron chi connectivity index (χ4n) is 3.23. The molecule has 4 aromatic rings. The Morgan fingerprint density at radius 1 is 1.07 bits per heavy atom. The van der Waals surface area contributed by atoms with E-state index in [4.69, 9.17) is 4.74 Å². The molecule has 0 radical (unpaired) electrons. The monoisotopic (exact) mass is 368 g/mol. The number of nitrogens with zero attached hydrogens (tertiary/aromatic N) is 2. The standard InChI is InChI=1S/C24H20N2O2/c1-2-28-24(27)12-8-18-7-11-23(26-14-13-25-17-26)22(15-18)21-10-9-19-5-3-4-6-20(19)16-21/h3-17H,2H2,1H3. The Morgan fingerprint density at radius 3 is 2.71 bits per heavy atom. The summed E-state index contributed by atoms with van der Waals surface area (Å²) in [6.07, 6.45) is 8.71. The summed E-state index contributed by atoms with van der Waals surface area (Å²) in [4.78, 5) is 15.8. The summed E-state index contributed by atoms with van der Waals surface area (Å²) >= 11 is 0. The Morgan fingerprint density at radius 2 is 1.93 bits per heavy atom. The second-order valence-corrected chi connectivity index (χ2v) is 6.39. The van der Waals surface area contributed by atoms with Gasteiger partial charge in [-0.3, -0.25) is 0 Å². The van der Waals surface area contributed by atoms with Crippen molar-refractivity contribution in [2.24, 2.45) is 0 Å². The second kappa shape index (κ2) is 7.92. The SMILES string of the molecule is CCOC(=O)C=Cc1ccc(-n2ccnc2)c(-c2ccc3ccccc3c2)c1. The lowest BCUT2D eigenvalue weighted by Gasteiger charge is -2.13. The molecule has 3 aromatic carbocycles. The average Bonchev–Trinajstić information content (AvgIpc) is 3.26. The van der Waals surface area contributed by atoms with E-state index in [2.05, 4.69) is 41.4 Å². The minimum atomic E-state index is -0.339. The zero-order valence-corrected chi connectivity index (χ0v) is 15.6. The smallest absolute Gasteiger partial charge is 0.330 e. The van der Waals surface area contributed by atoms with Gasteiger partial charge in [-0.1, -0.05) is 42.5 Å². The van der Waals surface area contributed by atoms with Crippen LogP contribution in [0.4, 0.5) is 0 Å². The first-order chi connectivity index (χ1) is 13.7. The second-order valence-electron chi connectivity index (χ2n) is 6.39. The van der Waals surface area contributed by atoms with Crippen molar-refractivity contribution in [1.29, 1.82) is 0 Å². The van der Waals surface area contributed by atoms with Crippen molar-refractivity contribution >= 4 is 22.8 Å². The summed E-state index contributed by atoms with van der Waals surface area (Å²) in [6, 6.07) is 20.8. The summed E-state index contributed by atoms with van der Waals surface area (Å²) < 4.78 is 6.96. The van der Waals surface area contributed by atoms with Crippen molar-refractivity contribution in [2.75, 3.05) is 6.61 Å².